The summed E-state index contributed by atoms with van der Waals surface area (Å²) in [6.07, 6.45) is 1.77. The Kier molecular flexibility index (Phi) is 7.25. The number of hydrogen-bond donors (Lipinski definition) is 2. The van der Waals surface area contributed by atoms with Crippen LogP contribution in [0.4, 0.5) is 0 Å². The Morgan fingerprint density at radius 1 is 1.00 bits per heavy atom. The molecule has 1 aromatic rings. The molecule has 1 rings (SSSR count). The quantitative estimate of drug-likeness (QED) is 0.628. The molecule has 2 atom stereocenters. The van der Waals surface area contributed by atoms with Crippen molar-refractivity contribution in [2.75, 3.05) is 5.75 Å². The standard InChI is InChI=1S/C21H36O2S/c1-9-15(14(2)22)10-11-24-16-12-17(20(3,4)5)19(23)18(13-16)21(6,7)8/h12-15,22-23H,9-11H2,1-8H3. The van der Waals surface area contributed by atoms with Gasteiger partial charge in [-0.1, -0.05) is 54.9 Å². The Morgan fingerprint density at radius 2 is 1.46 bits per heavy atom. The zero-order chi connectivity index (χ0) is 18.7. The number of aromatic hydroxyl groups is 1. The monoisotopic (exact) mass is 352 g/mol. The Labute approximate surface area is 153 Å². The summed E-state index contributed by atoms with van der Waals surface area (Å²) < 4.78 is 0. The molecule has 0 fully saturated rings. The summed E-state index contributed by atoms with van der Waals surface area (Å²) in [6, 6.07) is 4.27. The highest BCUT2D eigenvalue weighted by Gasteiger charge is 2.26. The predicted molar refractivity (Wildman–Crippen MR) is 106 cm³/mol. The van der Waals surface area contributed by atoms with Crippen LogP contribution in [0.2, 0.25) is 0 Å². The van der Waals surface area contributed by atoms with Crippen LogP contribution in [0.1, 0.15) is 79.4 Å². The molecule has 24 heavy (non-hydrogen) atoms. The first kappa shape index (κ1) is 21.4. The summed E-state index contributed by atoms with van der Waals surface area (Å²) in [7, 11) is 0. The highest BCUT2D eigenvalue weighted by molar-refractivity contribution is 7.99. The lowest BCUT2D eigenvalue weighted by atomic mass is 9.79. The van der Waals surface area contributed by atoms with Crippen LogP contribution >= 0.6 is 11.8 Å². The number of hydrogen-bond acceptors (Lipinski definition) is 3. The molecule has 0 saturated heterocycles. The zero-order valence-electron chi connectivity index (χ0n) is 16.7. The minimum Gasteiger partial charge on any atom is -0.507 e. The van der Waals surface area contributed by atoms with Crippen molar-refractivity contribution in [1.82, 2.24) is 0 Å². The van der Waals surface area contributed by atoms with Crippen molar-refractivity contribution in [3.05, 3.63) is 23.3 Å². The van der Waals surface area contributed by atoms with E-state index in [1.165, 1.54) is 4.90 Å². The fourth-order valence-corrected chi connectivity index (χ4v) is 4.01. The van der Waals surface area contributed by atoms with Gasteiger partial charge in [0.15, 0.2) is 0 Å². The third-order valence-electron chi connectivity index (χ3n) is 4.66. The van der Waals surface area contributed by atoms with Crippen LogP contribution in [0.5, 0.6) is 5.75 Å². The van der Waals surface area contributed by atoms with Crippen molar-refractivity contribution in [2.24, 2.45) is 5.92 Å². The predicted octanol–water partition coefficient (Wildman–Crippen LogP) is 5.88. The topological polar surface area (TPSA) is 40.5 Å². The van der Waals surface area contributed by atoms with Gasteiger partial charge in [-0.15, -0.1) is 11.8 Å². The third kappa shape index (κ3) is 5.70. The van der Waals surface area contributed by atoms with Gasteiger partial charge in [-0.3, -0.25) is 0 Å². The van der Waals surface area contributed by atoms with Crippen molar-refractivity contribution >= 4 is 11.8 Å². The SMILES string of the molecule is CCC(CCSc1cc(C(C)(C)C)c(O)c(C(C)(C)C)c1)C(C)O. The van der Waals surface area contributed by atoms with Gasteiger partial charge in [0.25, 0.3) is 0 Å². The smallest absolute Gasteiger partial charge is 0.123 e. The second-order valence-electron chi connectivity index (χ2n) is 8.91. The second-order valence-corrected chi connectivity index (χ2v) is 10.1. The molecule has 0 spiro atoms. The molecule has 0 amide bonds. The van der Waals surface area contributed by atoms with E-state index >= 15 is 0 Å². The van der Waals surface area contributed by atoms with Gasteiger partial charge in [-0.05, 0) is 48.0 Å². The van der Waals surface area contributed by atoms with Crippen LogP contribution in [0.25, 0.3) is 0 Å². The first-order valence-electron chi connectivity index (χ1n) is 9.06. The van der Waals surface area contributed by atoms with Gasteiger partial charge >= 0.3 is 0 Å². The maximum absolute atomic E-state index is 10.8. The maximum Gasteiger partial charge on any atom is 0.123 e. The Balaban J connectivity index is 3.07. The summed E-state index contributed by atoms with van der Waals surface area (Å²) in [5.41, 5.74) is 1.85. The van der Waals surface area contributed by atoms with Crippen molar-refractivity contribution in [3.63, 3.8) is 0 Å². The van der Waals surface area contributed by atoms with Crippen LogP contribution in [0.3, 0.4) is 0 Å². The molecule has 0 bridgehead atoms. The molecule has 2 unspecified atom stereocenters. The number of rotatable bonds is 6. The summed E-state index contributed by atoms with van der Waals surface area (Å²) in [5.74, 6) is 1.79. The molecule has 2 nitrogen and oxygen atoms in total. The van der Waals surface area contributed by atoms with E-state index in [9.17, 15) is 10.2 Å². The van der Waals surface area contributed by atoms with Crippen LogP contribution < -0.4 is 0 Å². The molecule has 1 aromatic carbocycles. The highest BCUT2D eigenvalue weighted by atomic mass is 32.2. The number of aliphatic hydroxyl groups is 1. The molecule has 0 aromatic heterocycles. The largest absolute Gasteiger partial charge is 0.507 e. The van der Waals surface area contributed by atoms with E-state index in [1.807, 2.05) is 18.7 Å². The second kappa shape index (κ2) is 8.14. The lowest BCUT2D eigenvalue weighted by molar-refractivity contribution is 0.121. The molecule has 3 heteroatoms. The number of thioether (sulfide) groups is 1. The number of phenols is 1. The van der Waals surface area contributed by atoms with Crippen LogP contribution in [-0.2, 0) is 10.8 Å². The van der Waals surface area contributed by atoms with Gasteiger partial charge in [0.2, 0.25) is 0 Å². The Bertz CT molecular complexity index is 501. The van der Waals surface area contributed by atoms with Crippen molar-refractivity contribution in [3.8, 4) is 5.75 Å². The van der Waals surface area contributed by atoms with E-state index < -0.39 is 0 Å². The molecular formula is C21H36O2S. The van der Waals surface area contributed by atoms with Crippen molar-refractivity contribution in [1.29, 1.82) is 0 Å². The molecule has 0 aliphatic rings. The van der Waals surface area contributed by atoms with E-state index in [0.29, 0.717) is 11.7 Å². The van der Waals surface area contributed by atoms with Gasteiger partial charge in [-0.25, -0.2) is 0 Å². The summed E-state index contributed by atoms with van der Waals surface area (Å²) in [6.45, 7) is 16.9. The van der Waals surface area contributed by atoms with Crippen LogP contribution in [0, 0.1) is 5.92 Å². The number of benzene rings is 1. The van der Waals surface area contributed by atoms with Gasteiger partial charge in [0, 0.05) is 16.0 Å². The maximum atomic E-state index is 10.8. The molecule has 0 saturated carbocycles. The molecule has 2 N–H and O–H groups in total. The minimum atomic E-state index is -0.245. The molecule has 0 aliphatic carbocycles. The zero-order valence-corrected chi connectivity index (χ0v) is 17.5. The molecule has 138 valence electrons. The fourth-order valence-electron chi connectivity index (χ4n) is 2.95. The van der Waals surface area contributed by atoms with E-state index in [0.717, 1.165) is 29.7 Å². The minimum absolute atomic E-state index is 0.0911. The molecule has 0 aliphatic heterocycles. The van der Waals surface area contributed by atoms with Crippen molar-refractivity contribution in [2.45, 2.75) is 90.1 Å². The van der Waals surface area contributed by atoms with Gasteiger partial charge < -0.3 is 10.2 Å². The average molecular weight is 353 g/mol. The summed E-state index contributed by atoms with van der Waals surface area (Å²) >= 11 is 1.83. The normalized spacial score (nSPS) is 15.4. The van der Waals surface area contributed by atoms with Crippen molar-refractivity contribution < 1.29 is 10.2 Å². The first-order valence-corrected chi connectivity index (χ1v) is 10.0. The Morgan fingerprint density at radius 3 is 1.79 bits per heavy atom. The van der Waals surface area contributed by atoms with E-state index in [1.54, 1.807) is 0 Å². The lowest BCUT2D eigenvalue weighted by Crippen LogP contribution is -2.17. The fraction of sp³-hybridized carbons (Fsp3) is 0.714. The van der Waals surface area contributed by atoms with Gasteiger partial charge in [0.1, 0.15) is 5.75 Å². The Hall–Kier alpha value is -0.670. The molecule has 0 heterocycles. The third-order valence-corrected chi connectivity index (χ3v) is 5.67. The van der Waals surface area contributed by atoms with Gasteiger partial charge in [-0.2, -0.15) is 0 Å². The van der Waals surface area contributed by atoms with Crippen LogP contribution in [0.15, 0.2) is 17.0 Å². The molecular weight excluding hydrogens is 316 g/mol. The van der Waals surface area contributed by atoms with Gasteiger partial charge in [0.05, 0.1) is 6.10 Å². The first-order chi connectivity index (χ1) is 10.9. The summed E-state index contributed by atoms with van der Waals surface area (Å²) in [4.78, 5) is 1.21. The molecule has 0 radical (unpaired) electrons. The highest BCUT2D eigenvalue weighted by Crippen LogP contribution is 2.42. The summed E-state index contributed by atoms with van der Waals surface area (Å²) in [5, 5.41) is 20.6. The van der Waals surface area contributed by atoms with E-state index in [4.69, 9.17) is 0 Å². The number of aliphatic hydroxyl groups excluding tert-OH is 1. The number of phenolic OH excluding ortho intramolecular Hbond substituents is 1. The van der Waals surface area contributed by atoms with E-state index in [2.05, 4.69) is 60.6 Å². The average Bonchev–Trinajstić information content (AvgIpc) is 2.41. The lowest BCUT2D eigenvalue weighted by Gasteiger charge is -2.28. The van der Waals surface area contributed by atoms with E-state index in [-0.39, 0.29) is 16.9 Å². The van der Waals surface area contributed by atoms with Crippen LogP contribution in [-0.4, -0.2) is 22.1 Å².